The zero-order valence-electron chi connectivity index (χ0n) is 9.29. The molecule has 1 aromatic heterocycles. The lowest BCUT2D eigenvalue weighted by Gasteiger charge is -2.07. The second kappa shape index (κ2) is 6.98. The van der Waals surface area contributed by atoms with Gasteiger partial charge in [-0.05, 0) is 22.5 Å². The first kappa shape index (κ1) is 12.7. The van der Waals surface area contributed by atoms with Crippen molar-refractivity contribution < 1.29 is 4.74 Å². The highest BCUT2D eigenvalue weighted by Crippen LogP contribution is 2.16. The second-order valence-electron chi connectivity index (χ2n) is 3.26. The monoisotopic (exact) mass is 275 g/mol. The highest BCUT2D eigenvalue weighted by Gasteiger charge is 2.07. The summed E-state index contributed by atoms with van der Waals surface area (Å²) in [5.74, 6) is 0. The van der Waals surface area contributed by atoms with E-state index in [0.29, 0.717) is 6.61 Å². The minimum atomic E-state index is 0.697. The van der Waals surface area contributed by atoms with Crippen LogP contribution in [-0.2, 0) is 17.7 Å². The van der Waals surface area contributed by atoms with Crippen LogP contribution in [0.2, 0.25) is 0 Å². The lowest BCUT2D eigenvalue weighted by Crippen LogP contribution is -2.19. The van der Waals surface area contributed by atoms with Crippen molar-refractivity contribution in [2.45, 2.75) is 19.9 Å². The molecule has 1 heterocycles. The van der Waals surface area contributed by atoms with E-state index in [1.54, 1.807) is 7.11 Å². The van der Waals surface area contributed by atoms with Crippen LogP contribution in [-0.4, -0.2) is 36.6 Å². The van der Waals surface area contributed by atoms with Crippen LogP contribution in [0.4, 0.5) is 0 Å². The predicted octanol–water partition coefficient (Wildman–Crippen LogP) is 1.44. The van der Waals surface area contributed by atoms with Crippen LogP contribution in [0.5, 0.6) is 0 Å². The van der Waals surface area contributed by atoms with Crippen molar-refractivity contribution in [3.05, 3.63) is 16.4 Å². The summed E-state index contributed by atoms with van der Waals surface area (Å²) in [7, 11) is 1.71. The third-order valence-electron chi connectivity index (χ3n) is 2.19. The van der Waals surface area contributed by atoms with Crippen LogP contribution in [0.15, 0.2) is 10.7 Å². The van der Waals surface area contributed by atoms with Crippen molar-refractivity contribution in [3.8, 4) is 0 Å². The molecule has 0 saturated heterocycles. The van der Waals surface area contributed by atoms with Crippen molar-refractivity contribution in [1.29, 1.82) is 0 Å². The van der Waals surface area contributed by atoms with Gasteiger partial charge in [-0.1, -0.05) is 6.92 Å². The molecule has 1 aromatic rings. The number of methoxy groups -OCH3 is 1. The normalized spacial score (nSPS) is 10.9. The molecule has 0 amide bonds. The van der Waals surface area contributed by atoms with Crippen LogP contribution < -0.4 is 5.32 Å². The molecule has 4 nitrogen and oxygen atoms in total. The maximum atomic E-state index is 5.04. The van der Waals surface area contributed by atoms with E-state index in [0.717, 1.165) is 30.5 Å². The number of rotatable bonds is 7. The van der Waals surface area contributed by atoms with E-state index in [9.17, 15) is 0 Å². The van der Waals surface area contributed by atoms with Gasteiger partial charge in [0.25, 0.3) is 0 Å². The van der Waals surface area contributed by atoms with Crippen LogP contribution in [0.25, 0.3) is 0 Å². The summed E-state index contributed by atoms with van der Waals surface area (Å²) in [6.07, 6.45) is 2.83. The van der Waals surface area contributed by atoms with E-state index in [-0.39, 0.29) is 0 Å². The topological polar surface area (TPSA) is 39.1 Å². The first-order valence-corrected chi connectivity index (χ1v) is 5.98. The summed E-state index contributed by atoms with van der Waals surface area (Å²) >= 11 is 3.51. The molecular weight excluding hydrogens is 258 g/mol. The largest absolute Gasteiger partial charge is 0.383 e. The first-order valence-electron chi connectivity index (χ1n) is 5.19. The van der Waals surface area contributed by atoms with Gasteiger partial charge in [-0.2, -0.15) is 5.10 Å². The molecule has 0 aliphatic heterocycles. The summed E-state index contributed by atoms with van der Waals surface area (Å²) in [6.45, 7) is 5.60. The molecule has 0 aromatic carbocycles. The molecule has 0 unspecified atom stereocenters. The fourth-order valence-corrected chi connectivity index (χ4v) is 1.88. The summed E-state index contributed by atoms with van der Waals surface area (Å²) in [6, 6.07) is 0. The quantitative estimate of drug-likeness (QED) is 0.766. The maximum absolute atomic E-state index is 5.04. The second-order valence-corrected chi connectivity index (χ2v) is 4.11. The lowest BCUT2D eigenvalue weighted by atomic mass is 10.3. The molecule has 15 heavy (non-hydrogen) atoms. The van der Waals surface area contributed by atoms with Crippen molar-refractivity contribution in [2.75, 3.05) is 26.8 Å². The molecule has 0 aliphatic rings. The van der Waals surface area contributed by atoms with Gasteiger partial charge >= 0.3 is 0 Å². The van der Waals surface area contributed by atoms with Crippen molar-refractivity contribution in [3.63, 3.8) is 0 Å². The summed E-state index contributed by atoms with van der Waals surface area (Å²) in [5, 5.41) is 7.60. The SMILES string of the molecule is CCNCCc1c(Br)cnn1CCOC. The fourth-order valence-electron chi connectivity index (χ4n) is 1.39. The molecule has 0 aliphatic carbocycles. The number of aromatic nitrogens is 2. The molecule has 1 rings (SSSR count). The summed E-state index contributed by atoms with van der Waals surface area (Å²) in [4.78, 5) is 0. The summed E-state index contributed by atoms with van der Waals surface area (Å²) in [5.41, 5.74) is 1.23. The van der Waals surface area contributed by atoms with Crippen molar-refractivity contribution in [1.82, 2.24) is 15.1 Å². The number of halogens is 1. The van der Waals surface area contributed by atoms with Crippen LogP contribution in [0.1, 0.15) is 12.6 Å². The Morgan fingerprint density at radius 3 is 3.07 bits per heavy atom. The zero-order chi connectivity index (χ0) is 11.1. The first-order chi connectivity index (χ1) is 7.29. The van der Waals surface area contributed by atoms with Gasteiger partial charge in [-0.25, -0.2) is 0 Å². The molecule has 0 atom stereocenters. The van der Waals surface area contributed by atoms with Gasteiger partial charge in [0.2, 0.25) is 0 Å². The van der Waals surface area contributed by atoms with Gasteiger partial charge in [0.1, 0.15) is 0 Å². The Kier molecular flexibility index (Phi) is 5.90. The fraction of sp³-hybridized carbons (Fsp3) is 0.700. The predicted molar refractivity (Wildman–Crippen MR) is 64.1 cm³/mol. The molecule has 0 radical (unpaired) electrons. The van der Waals surface area contributed by atoms with Gasteiger partial charge in [0.15, 0.2) is 0 Å². The van der Waals surface area contributed by atoms with E-state index < -0.39 is 0 Å². The Bertz CT molecular complexity index is 288. The standard InChI is InChI=1S/C10H18BrN3O/c1-3-12-5-4-10-9(11)8-13-14(10)6-7-15-2/h8,12H,3-7H2,1-2H3. The summed E-state index contributed by atoms with van der Waals surface area (Å²) < 4.78 is 8.11. The number of nitrogens with zero attached hydrogens (tertiary/aromatic N) is 2. The minimum Gasteiger partial charge on any atom is -0.383 e. The van der Waals surface area contributed by atoms with Gasteiger partial charge < -0.3 is 10.1 Å². The van der Waals surface area contributed by atoms with Crippen LogP contribution in [0.3, 0.4) is 0 Å². The van der Waals surface area contributed by atoms with Gasteiger partial charge in [0.05, 0.1) is 29.5 Å². The molecular formula is C10H18BrN3O. The molecule has 86 valence electrons. The van der Waals surface area contributed by atoms with Gasteiger partial charge in [0, 0.05) is 20.1 Å². The zero-order valence-corrected chi connectivity index (χ0v) is 10.9. The number of likely N-dealkylation sites (N-methyl/N-ethyl adjacent to an activating group) is 1. The van der Waals surface area contributed by atoms with E-state index in [1.807, 2.05) is 10.9 Å². The number of ether oxygens (including phenoxy) is 1. The van der Waals surface area contributed by atoms with Crippen molar-refractivity contribution in [2.24, 2.45) is 0 Å². The van der Waals surface area contributed by atoms with E-state index >= 15 is 0 Å². The molecule has 1 N–H and O–H groups in total. The number of hydrogen-bond donors (Lipinski definition) is 1. The average Bonchev–Trinajstić information content (AvgIpc) is 2.58. The Balaban J connectivity index is 2.54. The van der Waals surface area contributed by atoms with Gasteiger partial charge in [-0.15, -0.1) is 0 Å². The smallest absolute Gasteiger partial charge is 0.0658 e. The van der Waals surface area contributed by atoms with Crippen LogP contribution in [0, 0.1) is 0 Å². The number of nitrogens with one attached hydrogen (secondary N) is 1. The maximum Gasteiger partial charge on any atom is 0.0658 e. The Labute approximate surface area is 99.1 Å². The number of hydrogen-bond acceptors (Lipinski definition) is 3. The Morgan fingerprint density at radius 1 is 1.60 bits per heavy atom. The molecule has 0 fully saturated rings. The molecule has 0 spiro atoms. The molecule has 5 heteroatoms. The van der Waals surface area contributed by atoms with Crippen molar-refractivity contribution >= 4 is 15.9 Å². The third kappa shape index (κ3) is 3.93. The minimum absolute atomic E-state index is 0.697. The third-order valence-corrected chi connectivity index (χ3v) is 2.86. The molecule has 0 bridgehead atoms. The van der Waals surface area contributed by atoms with Crippen LogP contribution >= 0.6 is 15.9 Å². The highest BCUT2D eigenvalue weighted by atomic mass is 79.9. The highest BCUT2D eigenvalue weighted by molar-refractivity contribution is 9.10. The lowest BCUT2D eigenvalue weighted by molar-refractivity contribution is 0.182. The Morgan fingerprint density at radius 2 is 2.40 bits per heavy atom. The van der Waals surface area contributed by atoms with E-state index in [4.69, 9.17) is 4.74 Å². The molecule has 0 saturated carbocycles. The van der Waals surface area contributed by atoms with E-state index in [2.05, 4.69) is 33.3 Å². The Hall–Kier alpha value is -0.390. The average molecular weight is 276 g/mol. The van der Waals surface area contributed by atoms with Gasteiger partial charge in [-0.3, -0.25) is 4.68 Å². The van der Waals surface area contributed by atoms with E-state index in [1.165, 1.54) is 5.69 Å².